The van der Waals surface area contributed by atoms with Gasteiger partial charge in [0.15, 0.2) is 5.44 Å². The topological polar surface area (TPSA) is 55.8 Å². The fourth-order valence-corrected chi connectivity index (χ4v) is 2.51. The Morgan fingerprint density at radius 3 is 2.69 bits per heavy atom. The fraction of sp³-hybridized carbons (Fsp3) is 0.545. The maximum atomic E-state index is 11.5. The molecule has 3 atom stereocenters. The van der Waals surface area contributed by atoms with Crippen LogP contribution in [0.1, 0.15) is 0 Å². The van der Waals surface area contributed by atoms with Gasteiger partial charge in [-0.05, 0) is 0 Å². The first kappa shape index (κ1) is 13.4. The van der Waals surface area contributed by atoms with Crippen molar-refractivity contribution in [3.8, 4) is 0 Å². The number of rotatable bonds is 7. The van der Waals surface area contributed by atoms with Crippen molar-refractivity contribution >= 4 is 17.5 Å². The number of Topliss-reactive ketones (excluding diaryl/α,β-unsaturated/α-hetero) is 1. The summed E-state index contributed by atoms with van der Waals surface area (Å²) in [5.74, 6) is -0.293. The number of hydrogen-bond donors (Lipinski definition) is 1. The van der Waals surface area contributed by atoms with Gasteiger partial charge < -0.3 is 14.6 Å². The molecule has 90 valence electrons. The van der Waals surface area contributed by atoms with E-state index in [9.17, 15) is 9.90 Å². The number of carbonyl (C=O) groups excluding carboxylic acids is 1. The highest BCUT2D eigenvalue weighted by Gasteiger charge is 2.42. The number of aliphatic hydroxyl groups is 1. The van der Waals surface area contributed by atoms with Crippen LogP contribution >= 0.6 is 11.8 Å². The predicted octanol–water partition coefficient (Wildman–Crippen LogP) is 0.763. The molecule has 1 rings (SSSR count). The lowest BCUT2D eigenvalue weighted by atomic mass is 10.2. The summed E-state index contributed by atoms with van der Waals surface area (Å²) in [6, 6.07) is 0. The minimum absolute atomic E-state index is 0.164. The van der Waals surface area contributed by atoms with Crippen LogP contribution in [-0.4, -0.2) is 47.5 Å². The van der Waals surface area contributed by atoms with Crippen molar-refractivity contribution < 1.29 is 19.4 Å². The molecule has 5 heteroatoms. The molecule has 1 heterocycles. The molecular weight excluding hydrogens is 228 g/mol. The number of aliphatic hydroxyl groups excluding tert-OH is 1. The maximum absolute atomic E-state index is 11.5. The van der Waals surface area contributed by atoms with E-state index in [1.54, 1.807) is 12.2 Å². The minimum atomic E-state index is -1.01. The Bertz CT molecular complexity index is 267. The molecule has 1 aliphatic rings. The molecule has 4 nitrogen and oxygen atoms in total. The van der Waals surface area contributed by atoms with Gasteiger partial charge in [0.2, 0.25) is 5.78 Å². The first-order valence-electron chi connectivity index (χ1n) is 4.99. The fourth-order valence-electron chi connectivity index (χ4n) is 1.38. The van der Waals surface area contributed by atoms with Gasteiger partial charge >= 0.3 is 0 Å². The van der Waals surface area contributed by atoms with Gasteiger partial charge in [-0.2, -0.15) is 0 Å². The van der Waals surface area contributed by atoms with Gasteiger partial charge in [-0.1, -0.05) is 12.2 Å². The molecule has 0 aromatic heterocycles. The van der Waals surface area contributed by atoms with Crippen LogP contribution in [0.25, 0.3) is 0 Å². The van der Waals surface area contributed by atoms with E-state index < -0.39 is 11.5 Å². The van der Waals surface area contributed by atoms with E-state index in [2.05, 4.69) is 13.2 Å². The Kier molecular flexibility index (Phi) is 5.76. The Morgan fingerprint density at radius 1 is 1.38 bits per heavy atom. The molecule has 0 aliphatic carbocycles. The summed E-state index contributed by atoms with van der Waals surface area (Å²) in [7, 11) is 0. The van der Waals surface area contributed by atoms with E-state index in [-0.39, 0.29) is 11.0 Å². The normalized spacial score (nSPS) is 29.3. The maximum Gasteiger partial charge on any atom is 0.201 e. The van der Waals surface area contributed by atoms with Crippen LogP contribution in [0.3, 0.4) is 0 Å². The van der Waals surface area contributed by atoms with Crippen LogP contribution in [0.4, 0.5) is 0 Å². The third kappa shape index (κ3) is 3.45. The van der Waals surface area contributed by atoms with Crippen molar-refractivity contribution in [2.75, 3.05) is 19.8 Å². The highest BCUT2D eigenvalue weighted by Crippen LogP contribution is 2.31. The van der Waals surface area contributed by atoms with E-state index in [1.165, 1.54) is 11.8 Å². The summed E-state index contributed by atoms with van der Waals surface area (Å²) < 4.78 is 10.6. The second-order valence-electron chi connectivity index (χ2n) is 3.30. The van der Waals surface area contributed by atoms with Crippen molar-refractivity contribution in [1.82, 2.24) is 0 Å². The Balaban J connectivity index is 2.48. The molecule has 0 bridgehead atoms. The standard InChI is InChI=1S/C11H16O4S/c1-3-5-14-7-8-10(15-6-4-2)9(12)11(13)16-8/h3-4,8,10-11,13H,1-2,5-7H2/t8-,10-,11?/m1/s1. The SMILES string of the molecule is C=CCOC[C@H]1SC(O)C(=O)[C@@H]1OCC=C. The monoisotopic (exact) mass is 244 g/mol. The van der Waals surface area contributed by atoms with E-state index in [4.69, 9.17) is 9.47 Å². The molecule has 1 unspecified atom stereocenters. The first-order valence-corrected chi connectivity index (χ1v) is 5.93. The molecule has 0 aromatic rings. The third-order valence-corrected chi connectivity index (χ3v) is 3.30. The van der Waals surface area contributed by atoms with E-state index in [0.717, 1.165) is 0 Å². The molecule has 0 spiro atoms. The van der Waals surface area contributed by atoms with Crippen LogP contribution in [-0.2, 0) is 14.3 Å². The molecule has 0 amide bonds. The number of ketones is 1. The molecule has 1 N–H and O–H groups in total. The smallest absolute Gasteiger partial charge is 0.201 e. The Morgan fingerprint density at radius 2 is 2.06 bits per heavy atom. The summed E-state index contributed by atoms with van der Waals surface area (Å²) >= 11 is 1.17. The summed E-state index contributed by atoms with van der Waals surface area (Å²) in [5, 5.41) is 9.26. The average Bonchev–Trinajstić information content (AvgIpc) is 2.53. The van der Waals surface area contributed by atoms with Crippen molar-refractivity contribution in [1.29, 1.82) is 0 Å². The molecule has 1 saturated heterocycles. The zero-order valence-electron chi connectivity index (χ0n) is 9.00. The van der Waals surface area contributed by atoms with Gasteiger partial charge in [0.25, 0.3) is 0 Å². The number of hydrogen-bond acceptors (Lipinski definition) is 5. The summed E-state index contributed by atoms with van der Waals surface area (Å²) in [6.07, 6.45) is 2.60. The van der Waals surface area contributed by atoms with Crippen molar-refractivity contribution in [2.24, 2.45) is 0 Å². The van der Waals surface area contributed by atoms with E-state index >= 15 is 0 Å². The van der Waals surface area contributed by atoms with E-state index in [1.807, 2.05) is 0 Å². The quantitative estimate of drug-likeness (QED) is 0.529. The van der Waals surface area contributed by atoms with Gasteiger partial charge in [0.1, 0.15) is 6.10 Å². The van der Waals surface area contributed by atoms with Crippen LogP contribution < -0.4 is 0 Å². The number of ether oxygens (including phenoxy) is 2. The second kappa shape index (κ2) is 6.85. The first-order chi connectivity index (χ1) is 7.70. The summed E-state index contributed by atoms with van der Waals surface area (Å²) in [4.78, 5) is 11.5. The summed E-state index contributed by atoms with van der Waals surface area (Å²) in [6.45, 7) is 8.13. The lowest BCUT2D eigenvalue weighted by molar-refractivity contribution is -0.133. The lowest BCUT2D eigenvalue weighted by Gasteiger charge is -2.16. The van der Waals surface area contributed by atoms with Crippen LogP contribution in [0.2, 0.25) is 0 Å². The minimum Gasteiger partial charge on any atom is -0.376 e. The van der Waals surface area contributed by atoms with Gasteiger partial charge in [-0.3, -0.25) is 4.79 Å². The van der Waals surface area contributed by atoms with Gasteiger partial charge in [0.05, 0.1) is 25.1 Å². The molecule has 16 heavy (non-hydrogen) atoms. The van der Waals surface area contributed by atoms with Crippen LogP contribution in [0.15, 0.2) is 25.3 Å². The zero-order chi connectivity index (χ0) is 12.0. The third-order valence-electron chi connectivity index (χ3n) is 2.08. The van der Waals surface area contributed by atoms with Crippen molar-refractivity contribution in [3.05, 3.63) is 25.3 Å². The predicted molar refractivity (Wildman–Crippen MR) is 63.3 cm³/mol. The zero-order valence-corrected chi connectivity index (χ0v) is 9.82. The molecule has 0 saturated carbocycles. The van der Waals surface area contributed by atoms with Crippen molar-refractivity contribution in [2.45, 2.75) is 16.8 Å². The van der Waals surface area contributed by atoms with E-state index in [0.29, 0.717) is 19.8 Å². The Labute approximate surface area is 99.3 Å². The summed E-state index contributed by atoms with van der Waals surface area (Å²) in [5.41, 5.74) is -1.01. The molecule has 0 aromatic carbocycles. The lowest BCUT2D eigenvalue weighted by Crippen LogP contribution is -2.33. The molecule has 1 fully saturated rings. The molecular formula is C11H16O4S. The Hall–Kier alpha value is -0.620. The van der Waals surface area contributed by atoms with Gasteiger partial charge in [-0.25, -0.2) is 0 Å². The average molecular weight is 244 g/mol. The van der Waals surface area contributed by atoms with Gasteiger partial charge in [0, 0.05) is 0 Å². The van der Waals surface area contributed by atoms with Crippen LogP contribution in [0.5, 0.6) is 0 Å². The molecule has 1 aliphatic heterocycles. The highest BCUT2D eigenvalue weighted by molar-refractivity contribution is 8.01. The number of carbonyl (C=O) groups is 1. The second-order valence-corrected chi connectivity index (χ2v) is 4.62. The highest BCUT2D eigenvalue weighted by atomic mass is 32.2. The largest absolute Gasteiger partial charge is 0.376 e. The van der Waals surface area contributed by atoms with Crippen LogP contribution in [0, 0.1) is 0 Å². The molecule has 0 radical (unpaired) electrons. The van der Waals surface area contributed by atoms with Crippen molar-refractivity contribution in [3.63, 3.8) is 0 Å². The number of thioether (sulfide) groups is 1. The van der Waals surface area contributed by atoms with Gasteiger partial charge in [-0.15, -0.1) is 24.9 Å².